The number of esters is 1. The molecule has 22 heavy (non-hydrogen) atoms. The van der Waals surface area contributed by atoms with E-state index in [9.17, 15) is 13.2 Å². The van der Waals surface area contributed by atoms with Gasteiger partial charge in [-0.3, -0.25) is 0 Å². The third kappa shape index (κ3) is 4.06. The molecule has 0 saturated heterocycles. The molecule has 1 aliphatic carbocycles. The van der Waals surface area contributed by atoms with E-state index in [4.69, 9.17) is 5.73 Å². The summed E-state index contributed by atoms with van der Waals surface area (Å²) in [6.45, 7) is 0.206. The van der Waals surface area contributed by atoms with Gasteiger partial charge in [0.15, 0.2) is 0 Å². The summed E-state index contributed by atoms with van der Waals surface area (Å²) in [6, 6.07) is 5.77. The lowest BCUT2D eigenvalue weighted by atomic mass is 9.83. The summed E-state index contributed by atoms with van der Waals surface area (Å²) in [7, 11) is -2.45. The monoisotopic (exact) mass is 326 g/mol. The zero-order chi connectivity index (χ0) is 16.2. The molecular weight excluding hydrogens is 304 g/mol. The summed E-state index contributed by atoms with van der Waals surface area (Å²) in [6.07, 6.45) is 4.83. The zero-order valence-corrected chi connectivity index (χ0v) is 13.5. The Bertz CT molecular complexity index is 637. The molecule has 1 fully saturated rings. The van der Waals surface area contributed by atoms with Gasteiger partial charge in [-0.25, -0.2) is 17.9 Å². The third-order valence-corrected chi connectivity index (χ3v) is 5.43. The van der Waals surface area contributed by atoms with E-state index in [1.165, 1.54) is 31.4 Å². The van der Waals surface area contributed by atoms with Crippen molar-refractivity contribution in [1.29, 1.82) is 0 Å². The number of benzene rings is 1. The Morgan fingerprint density at radius 1 is 1.32 bits per heavy atom. The molecule has 0 heterocycles. The van der Waals surface area contributed by atoms with Gasteiger partial charge in [0, 0.05) is 12.1 Å². The highest BCUT2D eigenvalue weighted by Crippen LogP contribution is 2.25. The van der Waals surface area contributed by atoms with Crippen molar-refractivity contribution in [3.63, 3.8) is 0 Å². The van der Waals surface area contributed by atoms with Crippen molar-refractivity contribution < 1.29 is 17.9 Å². The zero-order valence-electron chi connectivity index (χ0n) is 12.7. The van der Waals surface area contributed by atoms with Crippen molar-refractivity contribution in [2.75, 3.05) is 13.7 Å². The second kappa shape index (κ2) is 6.76. The average molecular weight is 326 g/mol. The Labute approximate surface area is 131 Å². The topological polar surface area (TPSA) is 98.5 Å². The molecule has 0 bridgehead atoms. The van der Waals surface area contributed by atoms with Gasteiger partial charge in [0.2, 0.25) is 10.0 Å². The molecule has 6 nitrogen and oxygen atoms in total. The minimum absolute atomic E-state index is 0.0369. The lowest BCUT2D eigenvalue weighted by Gasteiger charge is -2.33. The fourth-order valence-electron chi connectivity index (χ4n) is 2.66. The number of nitrogens with two attached hydrogens (primary N) is 1. The van der Waals surface area contributed by atoms with Crippen LogP contribution in [0.3, 0.4) is 0 Å². The molecule has 1 aromatic carbocycles. The van der Waals surface area contributed by atoms with Gasteiger partial charge in [-0.1, -0.05) is 25.3 Å². The highest BCUT2D eigenvalue weighted by Gasteiger charge is 2.29. The molecule has 0 amide bonds. The second-order valence-corrected chi connectivity index (χ2v) is 7.53. The van der Waals surface area contributed by atoms with Crippen LogP contribution in [0.15, 0.2) is 29.2 Å². The molecule has 1 saturated carbocycles. The third-order valence-electron chi connectivity index (χ3n) is 4.03. The molecule has 2 rings (SSSR count). The average Bonchev–Trinajstić information content (AvgIpc) is 2.53. The summed E-state index contributed by atoms with van der Waals surface area (Å²) in [5.74, 6) is -0.570. The summed E-state index contributed by atoms with van der Waals surface area (Å²) < 4.78 is 31.9. The van der Waals surface area contributed by atoms with E-state index in [0.29, 0.717) is 0 Å². The fourth-order valence-corrected chi connectivity index (χ4v) is 3.85. The predicted octanol–water partition coefficient (Wildman–Crippen LogP) is 1.41. The molecule has 0 aromatic heterocycles. The van der Waals surface area contributed by atoms with E-state index in [1.807, 2.05) is 0 Å². The van der Waals surface area contributed by atoms with Crippen LogP contribution in [0.2, 0.25) is 0 Å². The van der Waals surface area contributed by atoms with Crippen molar-refractivity contribution >= 4 is 16.0 Å². The van der Waals surface area contributed by atoms with Gasteiger partial charge in [0.1, 0.15) is 0 Å². The van der Waals surface area contributed by atoms with Crippen LogP contribution in [0, 0.1) is 0 Å². The van der Waals surface area contributed by atoms with E-state index in [1.54, 1.807) is 0 Å². The van der Waals surface area contributed by atoms with Crippen molar-refractivity contribution in [2.45, 2.75) is 42.5 Å². The van der Waals surface area contributed by atoms with Gasteiger partial charge in [-0.2, -0.15) is 0 Å². The van der Waals surface area contributed by atoms with Gasteiger partial charge >= 0.3 is 5.97 Å². The molecule has 0 spiro atoms. The van der Waals surface area contributed by atoms with Crippen LogP contribution in [0.4, 0.5) is 0 Å². The molecular formula is C15H22N2O4S. The second-order valence-electron chi connectivity index (χ2n) is 5.77. The molecule has 1 aliphatic rings. The molecule has 3 N–H and O–H groups in total. The summed E-state index contributed by atoms with van der Waals surface area (Å²) >= 11 is 0. The van der Waals surface area contributed by atoms with E-state index >= 15 is 0 Å². The molecule has 0 unspecified atom stereocenters. The number of hydrogen-bond donors (Lipinski definition) is 2. The maximum Gasteiger partial charge on any atom is 0.337 e. The Hall–Kier alpha value is -1.44. The minimum atomic E-state index is -3.70. The van der Waals surface area contributed by atoms with Crippen molar-refractivity contribution in [3.8, 4) is 0 Å². The number of carbonyl (C=O) groups is 1. The smallest absolute Gasteiger partial charge is 0.337 e. The first-order valence-corrected chi connectivity index (χ1v) is 8.82. The van der Waals surface area contributed by atoms with E-state index in [0.717, 1.165) is 32.1 Å². The SMILES string of the molecule is COC(=O)c1cccc(S(=O)(=O)NCC2(N)CCCCC2)c1. The molecule has 0 radical (unpaired) electrons. The van der Waals surface area contributed by atoms with Crippen molar-refractivity contribution in [3.05, 3.63) is 29.8 Å². The van der Waals surface area contributed by atoms with Crippen LogP contribution in [0.25, 0.3) is 0 Å². The largest absolute Gasteiger partial charge is 0.465 e. The first kappa shape index (κ1) is 16.9. The van der Waals surface area contributed by atoms with Crippen LogP contribution in [0.1, 0.15) is 42.5 Å². The standard InChI is InChI=1S/C15H22N2O4S/c1-21-14(18)12-6-5-7-13(10-12)22(19,20)17-11-15(16)8-3-2-4-9-15/h5-7,10,17H,2-4,8-9,11,16H2,1H3. The first-order valence-electron chi connectivity index (χ1n) is 7.33. The molecule has 0 aliphatic heterocycles. The molecule has 1 aromatic rings. The number of rotatable bonds is 5. The first-order chi connectivity index (χ1) is 10.4. The number of nitrogens with one attached hydrogen (secondary N) is 1. The highest BCUT2D eigenvalue weighted by molar-refractivity contribution is 7.89. The number of sulfonamides is 1. The van der Waals surface area contributed by atoms with Crippen LogP contribution in [-0.2, 0) is 14.8 Å². The summed E-state index contributed by atoms with van der Waals surface area (Å²) in [5, 5.41) is 0. The Morgan fingerprint density at radius 3 is 2.64 bits per heavy atom. The predicted molar refractivity (Wildman–Crippen MR) is 83.0 cm³/mol. The number of ether oxygens (including phenoxy) is 1. The number of hydrogen-bond acceptors (Lipinski definition) is 5. The van der Waals surface area contributed by atoms with Gasteiger partial charge in [0.25, 0.3) is 0 Å². The Morgan fingerprint density at radius 2 is 2.00 bits per heavy atom. The van der Waals surface area contributed by atoms with Crippen LogP contribution in [-0.4, -0.2) is 33.6 Å². The quantitative estimate of drug-likeness (QED) is 0.797. The Kier molecular flexibility index (Phi) is 5.20. The Balaban J connectivity index is 2.11. The van der Waals surface area contributed by atoms with Crippen molar-refractivity contribution in [1.82, 2.24) is 4.72 Å². The van der Waals surface area contributed by atoms with E-state index < -0.39 is 21.5 Å². The van der Waals surface area contributed by atoms with E-state index in [2.05, 4.69) is 9.46 Å². The van der Waals surface area contributed by atoms with Gasteiger partial charge in [-0.15, -0.1) is 0 Å². The lowest BCUT2D eigenvalue weighted by Crippen LogP contribution is -2.51. The molecule has 122 valence electrons. The van der Waals surface area contributed by atoms with Gasteiger partial charge in [-0.05, 0) is 31.0 Å². The lowest BCUT2D eigenvalue weighted by molar-refractivity contribution is 0.0600. The van der Waals surface area contributed by atoms with Crippen LogP contribution >= 0.6 is 0 Å². The number of methoxy groups -OCH3 is 1. The molecule has 7 heteroatoms. The maximum absolute atomic E-state index is 12.4. The minimum Gasteiger partial charge on any atom is -0.465 e. The van der Waals surface area contributed by atoms with Crippen LogP contribution in [0.5, 0.6) is 0 Å². The summed E-state index contributed by atoms with van der Waals surface area (Å²) in [4.78, 5) is 11.5. The van der Waals surface area contributed by atoms with Crippen LogP contribution < -0.4 is 10.5 Å². The highest BCUT2D eigenvalue weighted by atomic mass is 32.2. The maximum atomic E-state index is 12.4. The summed E-state index contributed by atoms with van der Waals surface area (Å²) in [5.41, 5.74) is 5.96. The van der Waals surface area contributed by atoms with Gasteiger partial charge < -0.3 is 10.5 Å². The van der Waals surface area contributed by atoms with Gasteiger partial charge in [0.05, 0.1) is 17.6 Å². The molecule has 0 atom stereocenters. The van der Waals surface area contributed by atoms with Crippen molar-refractivity contribution in [2.24, 2.45) is 5.73 Å². The fraction of sp³-hybridized carbons (Fsp3) is 0.533. The normalized spacial score (nSPS) is 17.9. The number of carbonyl (C=O) groups excluding carboxylic acids is 1. The van der Waals surface area contributed by atoms with E-state index in [-0.39, 0.29) is 17.0 Å².